The zero-order chi connectivity index (χ0) is 49.7. The number of aliphatic hydroxyl groups is 2. The fourth-order valence-electron chi connectivity index (χ4n) is 8.22. The third kappa shape index (κ3) is 11.3. The van der Waals surface area contributed by atoms with Crippen molar-refractivity contribution in [2.45, 2.75) is 69.5 Å². The Balaban J connectivity index is 1.35. The molecular weight excluding hydrogens is 951 g/mol. The number of primary amides is 1. The molecule has 7 rings (SSSR count). The summed E-state index contributed by atoms with van der Waals surface area (Å²) in [5.41, 5.74) is 6.59. The minimum absolute atomic E-state index is 0.00947. The molecule has 0 aliphatic carbocycles. The number of anilines is 1. The molecule has 5 atom stereocenters. The number of rotatable bonds is 14. The number of nitrogens with zero attached hydrogens (tertiary/aromatic N) is 4. The standard InChI is InChI=1S/C47H46Cl2F4N8O8/c1-25(62)15-38(59(2)44(65)56-21-27-5-3-7-34(52)41(27)48)47(39-18-30-16-33(51)12-10-29(30)23-61(39)43(54)64,69-46(67)58-40-19-31-17-32(50)11-9-26(31)20-55-40)68-24-36-37(63)13-14-60(36)45(66)57-22-28-6-4-8-35(53)42(28)49/h3-12,16-20,25,36-38,62-63H,13-15,21-24H2,1-2H3,(H2,54,64)(H,56,65)(H,57,66)(H,55,58,67)/t25?,36-,37-,38+,47?/m1/s1. The first-order valence-electron chi connectivity index (χ1n) is 21.4. The number of pyridine rings is 1. The van der Waals surface area contributed by atoms with Gasteiger partial charge >= 0.3 is 24.2 Å². The molecule has 16 nitrogen and oxygen atoms in total. The first-order valence-corrected chi connectivity index (χ1v) is 22.1. The Morgan fingerprint density at radius 1 is 0.928 bits per heavy atom. The van der Waals surface area contributed by atoms with Gasteiger partial charge in [-0.3, -0.25) is 10.2 Å². The molecule has 1 aromatic heterocycles. The number of nitrogens with one attached hydrogen (secondary N) is 3. The Labute approximate surface area is 402 Å². The smallest absolute Gasteiger partial charge is 0.408 e. The summed E-state index contributed by atoms with van der Waals surface area (Å²) in [6, 6.07) is 11.1. The predicted molar refractivity (Wildman–Crippen MR) is 246 cm³/mol. The van der Waals surface area contributed by atoms with Gasteiger partial charge in [-0.05, 0) is 95.6 Å². The molecule has 7 amide bonds. The van der Waals surface area contributed by atoms with Crippen LogP contribution in [0.4, 0.5) is 42.6 Å². The molecule has 2 unspecified atom stereocenters. The van der Waals surface area contributed by atoms with Gasteiger partial charge in [0.15, 0.2) is 0 Å². The van der Waals surface area contributed by atoms with E-state index in [0.29, 0.717) is 16.3 Å². The molecule has 2 aliphatic rings. The third-order valence-corrected chi connectivity index (χ3v) is 12.6. The molecule has 2 aliphatic heterocycles. The van der Waals surface area contributed by atoms with Gasteiger partial charge in [0, 0.05) is 44.7 Å². The van der Waals surface area contributed by atoms with E-state index < -0.39 is 96.3 Å². The normalized spacial score (nSPS) is 17.3. The zero-order valence-corrected chi connectivity index (χ0v) is 38.4. The second-order valence-corrected chi connectivity index (χ2v) is 17.2. The van der Waals surface area contributed by atoms with E-state index >= 15 is 4.39 Å². The van der Waals surface area contributed by atoms with E-state index in [-0.39, 0.29) is 65.2 Å². The highest BCUT2D eigenvalue weighted by atomic mass is 35.5. The molecular formula is C47H46Cl2F4N8O8. The lowest BCUT2D eigenvalue weighted by Gasteiger charge is -2.48. The van der Waals surface area contributed by atoms with Crippen LogP contribution in [0.25, 0.3) is 16.8 Å². The van der Waals surface area contributed by atoms with Crippen LogP contribution in [-0.2, 0) is 29.1 Å². The highest BCUT2D eigenvalue weighted by molar-refractivity contribution is 6.31. The quantitative estimate of drug-likeness (QED) is 0.0477. The van der Waals surface area contributed by atoms with Gasteiger partial charge in [0.2, 0.25) is 0 Å². The number of halogens is 6. The number of ether oxygens (including phenoxy) is 2. The Morgan fingerprint density at radius 2 is 1.58 bits per heavy atom. The molecule has 1 saturated heterocycles. The molecule has 0 radical (unpaired) electrons. The number of amides is 7. The summed E-state index contributed by atoms with van der Waals surface area (Å²) >= 11 is 12.3. The van der Waals surface area contributed by atoms with Crippen LogP contribution in [0.2, 0.25) is 10.0 Å². The number of aromatic nitrogens is 1. The van der Waals surface area contributed by atoms with Crippen molar-refractivity contribution >= 4 is 70.1 Å². The Bertz CT molecular complexity index is 2810. The van der Waals surface area contributed by atoms with Gasteiger partial charge in [-0.25, -0.2) is 41.7 Å². The average Bonchev–Trinajstić information content (AvgIpc) is 3.69. The van der Waals surface area contributed by atoms with Gasteiger partial charge in [-0.15, -0.1) is 0 Å². The van der Waals surface area contributed by atoms with Crippen LogP contribution >= 0.6 is 23.2 Å². The number of fused-ring (bicyclic) bond motifs is 2. The monoisotopic (exact) mass is 996 g/mol. The number of likely N-dealkylation sites (N-methyl/N-ethyl adjacent to an activating group) is 1. The van der Waals surface area contributed by atoms with Gasteiger partial charge in [0.05, 0.1) is 47.1 Å². The maximum absolute atomic E-state index is 15.0. The highest BCUT2D eigenvalue weighted by Crippen LogP contribution is 2.41. The number of hydrogen-bond acceptors (Lipinski definition) is 9. The topological polar surface area (TPSA) is 212 Å². The number of likely N-dealkylation sites (tertiary alicyclic amines) is 1. The minimum atomic E-state index is -2.83. The van der Waals surface area contributed by atoms with Crippen molar-refractivity contribution in [1.82, 2.24) is 30.3 Å². The second kappa shape index (κ2) is 21.3. The zero-order valence-electron chi connectivity index (χ0n) is 36.9. The fourth-order valence-corrected chi connectivity index (χ4v) is 8.60. The van der Waals surface area contributed by atoms with E-state index in [2.05, 4.69) is 20.9 Å². The second-order valence-electron chi connectivity index (χ2n) is 16.4. The number of carbonyl (C=O) groups excluding carboxylic acids is 4. The largest absolute Gasteiger partial charge is 0.415 e. The summed E-state index contributed by atoms with van der Waals surface area (Å²) in [4.78, 5) is 63.8. The Kier molecular flexibility index (Phi) is 15.5. The van der Waals surface area contributed by atoms with Crippen LogP contribution in [0.3, 0.4) is 0 Å². The number of nitrogens with two attached hydrogens (primary N) is 1. The van der Waals surface area contributed by atoms with Gasteiger partial charge in [0.1, 0.15) is 35.1 Å². The maximum Gasteiger partial charge on any atom is 0.415 e. The summed E-state index contributed by atoms with van der Waals surface area (Å²) in [5, 5.41) is 30.7. The van der Waals surface area contributed by atoms with Crippen molar-refractivity contribution in [3.05, 3.63) is 146 Å². The molecule has 0 bridgehead atoms. The Hall–Kier alpha value is -6.71. The van der Waals surface area contributed by atoms with Crippen molar-refractivity contribution in [3.63, 3.8) is 0 Å². The van der Waals surface area contributed by atoms with Crippen molar-refractivity contribution in [2.24, 2.45) is 5.73 Å². The van der Waals surface area contributed by atoms with Crippen LogP contribution in [0.15, 0.2) is 90.8 Å². The molecule has 5 aromatic rings. The summed E-state index contributed by atoms with van der Waals surface area (Å²) in [6.07, 6.45) is -1.95. The lowest BCUT2D eigenvalue weighted by Crippen LogP contribution is -2.64. The summed E-state index contributed by atoms with van der Waals surface area (Å²) in [6.45, 7) is -0.384. The number of urea groups is 3. The van der Waals surface area contributed by atoms with Crippen LogP contribution in [-0.4, -0.2) is 104 Å². The van der Waals surface area contributed by atoms with Crippen molar-refractivity contribution < 1.29 is 56.4 Å². The van der Waals surface area contributed by atoms with E-state index in [1.807, 2.05) is 0 Å². The SMILES string of the molecule is CC(O)C[C@H](N(C)C(=O)NCc1cccc(F)c1Cl)C(OC[C@@H]1[C@H](O)CCN1C(=O)NCc1cccc(F)c1Cl)(OC(=O)Nc1cc2cc(F)ccc2cn1)C1=Cc2cc(F)ccc2CN1C(N)=O. The fraction of sp³-hybridized carbons (Fsp3) is 0.298. The maximum atomic E-state index is 15.0. The van der Waals surface area contributed by atoms with Crippen LogP contribution in [0, 0.1) is 23.3 Å². The molecule has 3 heterocycles. The van der Waals surface area contributed by atoms with Gasteiger partial charge in [-0.2, -0.15) is 0 Å². The van der Waals surface area contributed by atoms with Crippen LogP contribution in [0.5, 0.6) is 0 Å². The Morgan fingerprint density at radius 3 is 2.25 bits per heavy atom. The minimum Gasteiger partial charge on any atom is -0.408 e. The van der Waals surface area contributed by atoms with Crippen molar-refractivity contribution in [1.29, 1.82) is 0 Å². The van der Waals surface area contributed by atoms with Gasteiger partial charge in [-0.1, -0.05) is 53.5 Å². The van der Waals surface area contributed by atoms with E-state index in [4.69, 9.17) is 38.4 Å². The third-order valence-electron chi connectivity index (χ3n) is 11.8. The van der Waals surface area contributed by atoms with E-state index in [0.717, 1.165) is 34.1 Å². The number of carbonyl (C=O) groups is 4. The molecule has 1 fully saturated rings. The molecule has 7 N–H and O–H groups in total. The summed E-state index contributed by atoms with van der Waals surface area (Å²) in [5.74, 6) is -5.76. The van der Waals surface area contributed by atoms with E-state index in [9.17, 15) is 42.6 Å². The van der Waals surface area contributed by atoms with Crippen molar-refractivity contribution in [3.8, 4) is 0 Å². The number of aliphatic hydroxyl groups excluding tert-OH is 2. The molecule has 22 heteroatoms. The lowest BCUT2D eigenvalue weighted by molar-refractivity contribution is -0.224. The van der Waals surface area contributed by atoms with Crippen LogP contribution < -0.4 is 21.7 Å². The number of hydrogen-bond donors (Lipinski definition) is 6. The molecule has 4 aromatic carbocycles. The van der Waals surface area contributed by atoms with E-state index in [1.54, 1.807) is 0 Å². The summed E-state index contributed by atoms with van der Waals surface area (Å²) in [7, 11) is 1.24. The molecule has 0 spiro atoms. The van der Waals surface area contributed by atoms with Gasteiger partial charge in [0.25, 0.3) is 5.79 Å². The van der Waals surface area contributed by atoms with E-state index in [1.165, 1.54) is 85.7 Å². The summed E-state index contributed by atoms with van der Waals surface area (Å²) < 4.78 is 71.1. The first-order chi connectivity index (χ1) is 32.8. The molecule has 364 valence electrons. The van der Waals surface area contributed by atoms with Gasteiger partial charge < -0.3 is 45.9 Å². The lowest BCUT2D eigenvalue weighted by atomic mass is 9.90. The predicted octanol–water partition coefficient (Wildman–Crippen LogP) is 7.62. The number of benzene rings is 4. The average molecular weight is 998 g/mol. The van der Waals surface area contributed by atoms with Crippen molar-refractivity contribution in [2.75, 3.05) is 25.5 Å². The first kappa shape index (κ1) is 50.2. The van der Waals surface area contributed by atoms with Crippen LogP contribution in [0.1, 0.15) is 42.0 Å². The molecule has 0 saturated carbocycles. The molecule has 69 heavy (non-hydrogen) atoms. The highest BCUT2D eigenvalue weighted by Gasteiger charge is 2.55.